The summed E-state index contributed by atoms with van der Waals surface area (Å²) in [6.45, 7) is 0. The molecule has 0 aliphatic heterocycles. The van der Waals surface area contributed by atoms with Gasteiger partial charge in [-0.2, -0.15) is 0 Å². The molecule has 1 aromatic carbocycles. The Labute approximate surface area is 114 Å². The molecule has 0 bridgehead atoms. The van der Waals surface area contributed by atoms with E-state index in [4.69, 9.17) is 9.47 Å². The molecular weight excluding hydrogens is 240 g/mol. The SMILES string of the molecule is Oc1cccc(OC2CCCC2)c1OC1CCCC1. The number of rotatable bonds is 4. The van der Waals surface area contributed by atoms with Gasteiger partial charge in [-0.3, -0.25) is 0 Å². The Morgan fingerprint density at radius 2 is 1.42 bits per heavy atom. The van der Waals surface area contributed by atoms with E-state index in [2.05, 4.69) is 0 Å². The van der Waals surface area contributed by atoms with Crippen LogP contribution in [0.2, 0.25) is 0 Å². The molecule has 1 N–H and O–H groups in total. The second-order valence-corrected chi connectivity index (χ2v) is 5.65. The number of hydrogen-bond donors (Lipinski definition) is 1. The minimum Gasteiger partial charge on any atom is -0.504 e. The van der Waals surface area contributed by atoms with Crippen LogP contribution in [0, 0.1) is 0 Å². The topological polar surface area (TPSA) is 38.7 Å². The predicted octanol–water partition coefficient (Wildman–Crippen LogP) is 4.04. The molecule has 19 heavy (non-hydrogen) atoms. The molecule has 0 spiro atoms. The Balaban J connectivity index is 1.75. The maximum atomic E-state index is 10.0. The highest BCUT2D eigenvalue weighted by Crippen LogP contribution is 2.40. The van der Waals surface area contributed by atoms with Gasteiger partial charge < -0.3 is 14.6 Å². The molecule has 2 fully saturated rings. The molecule has 1 aromatic rings. The summed E-state index contributed by atoms with van der Waals surface area (Å²) in [6, 6.07) is 5.40. The third-order valence-electron chi connectivity index (χ3n) is 4.14. The van der Waals surface area contributed by atoms with E-state index in [1.165, 1.54) is 25.7 Å². The van der Waals surface area contributed by atoms with E-state index < -0.39 is 0 Å². The summed E-state index contributed by atoms with van der Waals surface area (Å²) in [5.74, 6) is 1.45. The molecule has 0 aromatic heterocycles. The Hall–Kier alpha value is -1.38. The molecule has 0 saturated heterocycles. The monoisotopic (exact) mass is 262 g/mol. The van der Waals surface area contributed by atoms with Crippen molar-refractivity contribution in [2.24, 2.45) is 0 Å². The van der Waals surface area contributed by atoms with Crippen LogP contribution in [0.4, 0.5) is 0 Å². The number of ether oxygens (including phenoxy) is 2. The predicted molar refractivity (Wildman–Crippen MR) is 73.9 cm³/mol. The van der Waals surface area contributed by atoms with E-state index in [0.29, 0.717) is 11.5 Å². The summed E-state index contributed by atoms with van der Waals surface area (Å²) in [5, 5.41) is 10.0. The van der Waals surface area contributed by atoms with Gasteiger partial charge >= 0.3 is 0 Å². The Bertz CT molecular complexity index is 418. The van der Waals surface area contributed by atoms with Gasteiger partial charge in [0.15, 0.2) is 11.5 Å². The zero-order valence-electron chi connectivity index (χ0n) is 11.3. The van der Waals surface area contributed by atoms with Crippen LogP contribution < -0.4 is 9.47 Å². The zero-order chi connectivity index (χ0) is 13.1. The molecular formula is C16H22O3. The van der Waals surface area contributed by atoms with Crippen LogP contribution in [0.15, 0.2) is 18.2 Å². The highest BCUT2D eigenvalue weighted by Gasteiger charge is 2.23. The van der Waals surface area contributed by atoms with E-state index in [-0.39, 0.29) is 18.0 Å². The number of benzene rings is 1. The minimum atomic E-state index is 0.197. The minimum absolute atomic E-state index is 0.197. The lowest BCUT2D eigenvalue weighted by Crippen LogP contribution is -2.15. The van der Waals surface area contributed by atoms with E-state index in [1.807, 2.05) is 12.1 Å². The van der Waals surface area contributed by atoms with E-state index in [9.17, 15) is 5.11 Å². The molecule has 3 heteroatoms. The number of aromatic hydroxyl groups is 1. The molecule has 3 rings (SSSR count). The standard InChI is InChI=1S/C16H22O3/c17-14-10-5-11-15(18-12-6-1-2-7-12)16(14)19-13-8-3-4-9-13/h5,10-13,17H,1-4,6-9H2. The molecule has 2 saturated carbocycles. The molecule has 2 aliphatic carbocycles. The van der Waals surface area contributed by atoms with Gasteiger partial charge in [-0.25, -0.2) is 0 Å². The van der Waals surface area contributed by atoms with Crippen LogP contribution in [0.3, 0.4) is 0 Å². The first-order valence-electron chi connectivity index (χ1n) is 7.48. The molecule has 0 amide bonds. The van der Waals surface area contributed by atoms with Crippen molar-refractivity contribution in [3.05, 3.63) is 18.2 Å². The first-order chi connectivity index (χ1) is 9.33. The van der Waals surface area contributed by atoms with Crippen molar-refractivity contribution in [3.63, 3.8) is 0 Å². The number of phenols is 1. The van der Waals surface area contributed by atoms with E-state index >= 15 is 0 Å². The Kier molecular flexibility index (Phi) is 3.81. The highest BCUT2D eigenvalue weighted by atomic mass is 16.5. The number of phenolic OH excluding ortho intramolecular Hbond substituents is 1. The van der Waals surface area contributed by atoms with Gasteiger partial charge in [0.25, 0.3) is 0 Å². The normalized spacial score (nSPS) is 20.8. The summed E-state index contributed by atoms with van der Waals surface area (Å²) in [6.07, 6.45) is 9.82. The Morgan fingerprint density at radius 3 is 2.05 bits per heavy atom. The lowest BCUT2D eigenvalue weighted by molar-refractivity contribution is 0.165. The van der Waals surface area contributed by atoms with E-state index in [1.54, 1.807) is 6.07 Å². The van der Waals surface area contributed by atoms with Crippen molar-refractivity contribution in [1.29, 1.82) is 0 Å². The fourth-order valence-electron chi connectivity index (χ4n) is 3.07. The van der Waals surface area contributed by atoms with Crippen molar-refractivity contribution in [1.82, 2.24) is 0 Å². The average Bonchev–Trinajstić information content (AvgIpc) is 3.07. The van der Waals surface area contributed by atoms with Crippen LogP contribution >= 0.6 is 0 Å². The van der Waals surface area contributed by atoms with Crippen molar-refractivity contribution in [3.8, 4) is 17.2 Å². The summed E-state index contributed by atoms with van der Waals surface area (Å²) in [7, 11) is 0. The van der Waals surface area contributed by atoms with Gasteiger partial charge in [0.2, 0.25) is 5.75 Å². The zero-order valence-corrected chi connectivity index (χ0v) is 11.3. The van der Waals surface area contributed by atoms with E-state index in [0.717, 1.165) is 25.7 Å². The van der Waals surface area contributed by atoms with Crippen molar-refractivity contribution in [2.45, 2.75) is 63.6 Å². The van der Waals surface area contributed by atoms with Gasteiger partial charge in [-0.15, -0.1) is 0 Å². The molecule has 104 valence electrons. The van der Waals surface area contributed by atoms with Gasteiger partial charge in [0.05, 0.1) is 12.2 Å². The fraction of sp³-hybridized carbons (Fsp3) is 0.625. The molecule has 0 unspecified atom stereocenters. The van der Waals surface area contributed by atoms with Crippen LogP contribution in [-0.4, -0.2) is 17.3 Å². The van der Waals surface area contributed by atoms with Crippen molar-refractivity contribution in [2.75, 3.05) is 0 Å². The molecule has 2 aliphatic rings. The molecule has 0 heterocycles. The lowest BCUT2D eigenvalue weighted by atomic mass is 10.2. The second-order valence-electron chi connectivity index (χ2n) is 5.65. The van der Waals surface area contributed by atoms with Gasteiger partial charge in [0, 0.05) is 0 Å². The summed E-state index contributed by atoms with van der Waals surface area (Å²) in [5.41, 5.74) is 0. The first kappa shape index (κ1) is 12.6. The number of hydrogen-bond acceptors (Lipinski definition) is 3. The molecule has 0 radical (unpaired) electrons. The maximum Gasteiger partial charge on any atom is 0.203 e. The van der Waals surface area contributed by atoms with Crippen LogP contribution in [0.5, 0.6) is 17.2 Å². The quantitative estimate of drug-likeness (QED) is 0.890. The van der Waals surface area contributed by atoms with Crippen LogP contribution in [0.1, 0.15) is 51.4 Å². The van der Waals surface area contributed by atoms with Crippen molar-refractivity contribution >= 4 is 0 Å². The summed E-state index contributed by atoms with van der Waals surface area (Å²) >= 11 is 0. The van der Waals surface area contributed by atoms with Crippen molar-refractivity contribution < 1.29 is 14.6 Å². The smallest absolute Gasteiger partial charge is 0.203 e. The van der Waals surface area contributed by atoms with Gasteiger partial charge in [-0.1, -0.05) is 6.07 Å². The summed E-state index contributed by atoms with van der Waals surface area (Å²) in [4.78, 5) is 0. The Morgan fingerprint density at radius 1 is 0.842 bits per heavy atom. The largest absolute Gasteiger partial charge is 0.504 e. The molecule has 0 atom stereocenters. The highest BCUT2D eigenvalue weighted by molar-refractivity contribution is 5.50. The summed E-state index contributed by atoms with van der Waals surface area (Å²) < 4.78 is 12.0. The fourth-order valence-corrected chi connectivity index (χ4v) is 3.07. The second kappa shape index (κ2) is 5.72. The molecule has 3 nitrogen and oxygen atoms in total. The van der Waals surface area contributed by atoms with Gasteiger partial charge in [0.1, 0.15) is 0 Å². The third kappa shape index (κ3) is 2.96. The third-order valence-corrected chi connectivity index (χ3v) is 4.14. The average molecular weight is 262 g/mol. The van der Waals surface area contributed by atoms with Crippen LogP contribution in [-0.2, 0) is 0 Å². The lowest BCUT2D eigenvalue weighted by Gasteiger charge is -2.20. The van der Waals surface area contributed by atoms with Gasteiger partial charge in [-0.05, 0) is 63.5 Å². The maximum absolute atomic E-state index is 10.0. The first-order valence-corrected chi connectivity index (χ1v) is 7.48. The number of para-hydroxylation sites is 1. The van der Waals surface area contributed by atoms with Crippen LogP contribution in [0.25, 0.3) is 0 Å².